The first kappa shape index (κ1) is 15.2. The van der Waals surface area contributed by atoms with Gasteiger partial charge in [0.25, 0.3) is 0 Å². The van der Waals surface area contributed by atoms with Gasteiger partial charge in [-0.25, -0.2) is 8.42 Å². The van der Waals surface area contributed by atoms with E-state index in [2.05, 4.69) is 10.1 Å². The lowest BCUT2D eigenvalue weighted by Gasteiger charge is -2.28. The number of hydrogen-bond acceptors (Lipinski definition) is 4. The summed E-state index contributed by atoms with van der Waals surface area (Å²) in [6.07, 6.45) is 10.5. The van der Waals surface area contributed by atoms with Gasteiger partial charge in [0.15, 0.2) is 0 Å². The molecule has 0 aromatic carbocycles. The molecule has 3 rings (SSSR count). The molecule has 1 aliphatic rings. The normalized spacial score (nSPS) is 20.7. The van der Waals surface area contributed by atoms with Gasteiger partial charge in [-0.3, -0.25) is 9.67 Å². The van der Waals surface area contributed by atoms with E-state index in [0.717, 1.165) is 31.2 Å². The summed E-state index contributed by atoms with van der Waals surface area (Å²) in [4.78, 5) is 4.20. The molecule has 1 aliphatic heterocycles. The van der Waals surface area contributed by atoms with Crippen LogP contribution in [0, 0.1) is 0 Å². The van der Waals surface area contributed by atoms with Crippen molar-refractivity contribution in [1.29, 1.82) is 0 Å². The summed E-state index contributed by atoms with van der Waals surface area (Å²) in [7, 11) is -1.69. The molecule has 6 nitrogen and oxygen atoms in total. The van der Waals surface area contributed by atoms with Crippen LogP contribution in [-0.4, -0.2) is 34.0 Å². The molecule has 0 saturated carbocycles. The van der Waals surface area contributed by atoms with Crippen molar-refractivity contribution >= 4 is 10.0 Å². The molecule has 3 heterocycles. The Kier molecular flexibility index (Phi) is 4.26. The average Bonchev–Trinajstić information content (AvgIpc) is 2.81. The highest BCUT2D eigenvalue weighted by molar-refractivity contribution is 7.89. The van der Waals surface area contributed by atoms with E-state index in [1.54, 1.807) is 33.5 Å². The van der Waals surface area contributed by atoms with E-state index in [1.165, 1.54) is 6.20 Å². The maximum Gasteiger partial charge on any atom is 0.245 e. The maximum atomic E-state index is 13.0. The summed E-state index contributed by atoms with van der Waals surface area (Å²) in [5.41, 5.74) is 0.955. The first-order chi connectivity index (χ1) is 10.6. The standard InChI is InChI=1S/C15H20N4O2S/c1-18-12-13(10-17-18)15-7-3-2-4-9-19(15)22(20,21)14-6-5-8-16-11-14/h5-6,8,10-12,15H,2-4,7,9H2,1H3. The second-order valence-electron chi connectivity index (χ2n) is 5.62. The largest absolute Gasteiger partial charge is 0.275 e. The average molecular weight is 320 g/mol. The van der Waals surface area contributed by atoms with E-state index in [0.29, 0.717) is 6.54 Å². The van der Waals surface area contributed by atoms with Crippen LogP contribution in [0.15, 0.2) is 41.8 Å². The van der Waals surface area contributed by atoms with Crippen molar-refractivity contribution in [3.8, 4) is 0 Å². The quantitative estimate of drug-likeness (QED) is 0.869. The highest BCUT2D eigenvalue weighted by atomic mass is 32.2. The number of pyridine rings is 1. The van der Waals surface area contributed by atoms with Crippen LogP contribution in [0.5, 0.6) is 0 Å². The van der Waals surface area contributed by atoms with E-state index in [4.69, 9.17) is 0 Å². The molecule has 0 spiro atoms. The van der Waals surface area contributed by atoms with Crippen LogP contribution >= 0.6 is 0 Å². The number of hydrogen-bond donors (Lipinski definition) is 0. The molecule has 1 saturated heterocycles. The Morgan fingerprint density at radius 2 is 2.09 bits per heavy atom. The molecule has 2 aromatic rings. The van der Waals surface area contributed by atoms with Crippen LogP contribution in [-0.2, 0) is 17.1 Å². The zero-order valence-electron chi connectivity index (χ0n) is 12.6. The van der Waals surface area contributed by atoms with E-state index in [1.807, 2.05) is 13.2 Å². The van der Waals surface area contributed by atoms with Gasteiger partial charge in [0.05, 0.1) is 12.2 Å². The smallest absolute Gasteiger partial charge is 0.245 e. The van der Waals surface area contributed by atoms with Gasteiger partial charge in [0.2, 0.25) is 10.0 Å². The highest BCUT2D eigenvalue weighted by Gasteiger charge is 2.34. The molecule has 0 bridgehead atoms. The van der Waals surface area contributed by atoms with E-state index >= 15 is 0 Å². The van der Waals surface area contributed by atoms with Crippen LogP contribution < -0.4 is 0 Å². The van der Waals surface area contributed by atoms with Crippen LogP contribution in [0.4, 0.5) is 0 Å². The predicted octanol–water partition coefficient (Wildman–Crippen LogP) is 2.12. The van der Waals surface area contributed by atoms with E-state index < -0.39 is 10.0 Å². The minimum atomic E-state index is -3.54. The Morgan fingerprint density at radius 3 is 2.77 bits per heavy atom. The van der Waals surface area contributed by atoms with Crippen LogP contribution in [0.25, 0.3) is 0 Å². The number of nitrogens with zero attached hydrogens (tertiary/aromatic N) is 4. The lowest BCUT2D eigenvalue weighted by atomic mass is 10.1. The summed E-state index contributed by atoms with van der Waals surface area (Å²) in [6.45, 7) is 0.538. The Morgan fingerprint density at radius 1 is 1.23 bits per heavy atom. The SMILES string of the molecule is Cn1cc(C2CCCCCN2S(=O)(=O)c2cccnc2)cn1. The summed E-state index contributed by atoms with van der Waals surface area (Å²) >= 11 is 0. The first-order valence-electron chi connectivity index (χ1n) is 7.49. The van der Waals surface area contributed by atoms with Gasteiger partial charge in [0.1, 0.15) is 4.90 Å². The van der Waals surface area contributed by atoms with E-state index in [-0.39, 0.29) is 10.9 Å². The lowest BCUT2D eigenvalue weighted by Crippen LogP contribution is -2.34. The molecule has 0 radical (unpaired) electrons. The fourth-order valence-corrected chi connectivity index (χ4v) is 4.60. The first-order valence-corrected chi connectivity index (χ1v) is 8.93. The van der Waals surface area contributed by atoms with Gasteiger partial charge in [-0.15, -0.1) is 0 Å². The zero-order valence-corrected chi connectivity index (χ0v) is 13.4. The second-order valence-corrected chi connectivity index (χ2v) is 7.51. The van der Waals surface area contributed by atoms with Crippen molar-refractivity contribution in [2.24, 2.45) is 7.05 Å². The molecule has 0 amide bonds. The summed E-state index contributed by atoms with van der Waals surface area (Å²) in [6, 6.07) is 3.11. The van der Waals surface area contributed by atoms with Gasteiger partial charge in [0, 0.05) is 37.7 Å². The summed E-state index contributed by atoms with van der Waals surface area (Å²) < 4.78 is 29.3. The van der Waals surface area contributed by atoms with Crippen LogP contribution in [0.2, 0.25) is 0 Å². The molecule has 0 N–H and O–H groups in total. The van der Waals surface area contributed by atoms with Crippen molar-refractivity contribution in [2.45, 2.75) is 36.6 Å². The van der Waals surface area contributed by atoms with Crippen molar-refractivity contribution < 1.29 is 8.42 Å². The Hall–Kier alpha value is -1.73. The van der Waals surface area contributed by atoms with Gasteiger partial charge in [-0.2, -0.15) is 9.40 Å². The highest BCUT2D eigenvalue weighted by Crippen LogP contribution is 2.34. The van der Waals surface area contributed by atoms with Crippen molar-refractivity contribution in [1.82, 2.24) is 19.1 Å². The fourth-order valence-electron chi connectivity index (χ4n) is 2.95. The maximum absolute atomic E-state index is 13.0. The number of aryl methyl sites for hydroxylation is 1. The monoisotopic (exact) mass is 320 g/mol. The number of aromatic nitrogens is 3. The predicted molar refractivity (Wildman–Crippen MR) is 82.5 cm³/mol. The van der Waals surface area contributed by atoms with Gasteiger partial charge < -0.3 is 0 Å². The van der Waals surface area contributed by atoms with Gasteiger partial charge >= 0.3 is 0 Å². The topological polar surface area (TPSA) is 68.1 Å². The van der Waals surface area contributed by atoms with Gasteiger partial charge in [-0.1, -0.05) is 12.8 Å². The molecule has 2 aromatic heterocycles. The number of sulfonamides is 1. The van der Waals surface area contributed by atoms with Crippen molar-refractivity contribution in [3.05, 3.63) is 42.5 Å². The molecular weight excluding hydrogens is 300 g/mol. The third kappa shape index (κ3) is 2.91. The van der Waals surface area contributed by atoms with Crippen molar-refractivity contribution in [3.63, 3.8) is 0 Å². The molecule has 0 aliphatic carbocycles. The summed E-state index contributed by atoms with van der Waals surface area (Å²) in [5.74, 6) is 0. The Bertz CT molecular complexity index is 727. The molecule has 1 unspecified atom stereocenters. The summed E-state index contributed by atoms with van der Waals surface area (Å²) in [5, 5.41) is 4.19. The minimum Gasteiger partial charge on any atom is -0.275 e. The lowest BCUT2D eigenvalue weighted by molar-refractivity contribution is 0.328. The fraction of sp³-hybridized carbons (Fsp3) is 0.467. The molecular formula is C15H20N4O2S. The molecule has 22 heavy (non-hydrogen) atoms. The Balaban J connectivity index is 2.00. The van der Waals surface area contributed by atoms with Crippen molar-refractivity contribution in [2.75, 3.05) is 6.54 Å². The third-order valence-corrected chi connectivity index (χ3v) is 5.95. The van der Waals surface area contributed by atoms with Crippen LogP contribution in [0.1, 0.15) is 37.3 Å². The molecule has 118 valence electrons. The third-order valence-electron chi connectivity index (χ3n) is 4.05. The Labute approximate surface area is 130 Å². The van der Waals surface area contributed by atoms with Gasteiger partial charge in [-0.05, 0) is 25.0 Å². The minimum absolute atomic E-state index is 0.151. The molecule has 1 atom stereocenters. The second kappa shape index (κ2) is 6.18. The molecule has 7 heteroatoms. The number of rotatable bonds is 3. The molecule has 1 fully saturated rings. The van der Waals surface area contributed by atoms with Crippen LogP contribution in [0.3, 0.4) is 0 Å². The van der Waals surface area contributed by atoms with E-state index in [9.17, 15) is 8.42 Å². The zero-order chi connectivity index (χ0) is 15.6.